The van der Waals surface area contributed by atoms with Gasteiger partial charge in [-0.25, -0.2) is 9.97 Å². The Morgan fingerprint density at radius 3 is 2.47 bits per heavy atom. The molecule has 0 bridgehead atoms. The number of rotatable bonds is 4. The quantitative estimate of drug-likeness (QED) is 0.359. The molecule has 5 nitrogen and oxygen atoms in total. The number of fused-ring (bicyclic) bond motifs is 1. The van der Waals surface area contributed by atoms with Crippen molar-refractivity contribution in [1.29, 1.82) is 0 Å². The van der Waals surface area contributed by atoms with Crippen molar-refractivity contribution in [3.05, 3.63) is 95.1 Å². The van der Waals surface area contributed by atoms with E-state index in [-0.39, 0.29) is 5.91 Å². The second kappa shape index (κ2) is 8.32. The predicted molar refractivity (Wildman–Crippen MR) is 130 cm³/mol. The largest absolute Gasteiger partial charge is 0.298 e. The van der Waals surface area contributed by atoms with Gasteiger partial charge >= 0.3 is 0 Å². The minimum atomic E-state index is -0.208. The lowest BCUT2D eigenvalue weighted by molar-refractivity contribution is 0.102. The van der Waals surface area contributed by atoms with Gasteiger partial charge in [-0.3, -0.25) is 15.1 Å². The number of anilines is 1. The molecule has 6 heteroatoms. The van der Waals surface area contributed by atoms with Gasteiger partial charge in [0, 0.05) is 34.3 Å². The zero-order valence-corrected chi connectivity index (χ0v) is 18.5. The minimum absolute atomic E-state index is 0.208. The number of nitrogens with zero attached hydrogens (tertiary/aromatic N) is 3. The van der Waals surface area contributed by atoms with Gasteiger partial charge in [-0.05, 0) is 55.3 Å². The van der Waals surface area contributed by atoms with Crippen molar-refractivity contribution in [1.82, 2.24) is 15.0 Å². The molecular weight excluding hydrogens is 416 g/mol. The van der Waals surface area contributed by atoms with E-state index in [4.69, 9.17) is 4.98 Å². The summed E-state index contributed by atoms with van der Waals surface area (Å²) in [5, 5.41) is 6.30. The highest BCUT2D eigenvalue weighted by Gasteiger charge is 2.16. The highest BCUT2D eigenvalue weighted by Crippen LogP contribution is 2.29. The highest BCUT2D eigenvalue weighted by molar-refractivity contribution is 7.14. The lowest BCUT2D eigenvalue weighted by atomic mass is 10.0. The second-order valence-electron chi connectivity index (χ2n) is 7.60. The van der Waals surface area contributed by atoms with Crippen LogP contribution in [0.4, 0.5) is 5.13 Å². The van der Waals surface area contributed by atoms with E-state index in [0.717, 1.165) is 33.4 Å². The van der Waals surface area contributed by atoms with E-state index in [1.165, 1.54) is 22.5 Å². The first kappa shape index (κ1) is 20.0. The van der Waals surface area contributed by atoms with Crippen molar-refractivity contribution in [2.24, 2.45) is 0 Å². The molecule has 1 N–H and O–H groups in total. The van der Waals surface area contributed by atoms with Gasteiger partial charge in [0.1, 0.15) is 0 Å². The molecule has 3 heterocycles. The summed E-state index contributed by atoms with van der Waals surface area (Å²) in [7, 11) is 0. The number of carbonyl (C=O) groups excluding carboxylic acids is 1. The fraction of sp³-hybridized carbons (Fsp3) is 0.0769. The first-order chi connectivity index (χ1) is 15.6. The Kier molecular flexibility index (Phi) is 5.21. The zero-order valence-electron chi connectivity index (χ0n) is 17.7. The molecule has 0 aliphatic carbocycles. The minimum Gasteiger partial charge on any atom is -0.298 e. The van der Waals surface area contributed by atoms with Crippen LogP contribution in [-0.4, -0.2) is 20.9 Å². The van der Waals surface area contributed by atoms with E-state index in [0.29, 0.717) is 10.7 Å². The number of thiazole rings is 1. The van der Waals surface area contributed by atoms with Gasteiger partial charge in [0.25, 0.3) is 5.91 Å². The maximum atomic E-state index is 13.3. The van der Waals surface area contributed by atoms with Crippen LogP contribution in [0.5, 0.6) is 0 Å². The average Bonchev–Trinajstić information content (AvgIpc) is 3.29. The van der Waals surface area contributed by atoms with Crippen LogP contribution in [0.3, 0.4) is 0 Å². The molecule has 32 heavy (non-hydrogen) atoms. The summed E-state index contributed by atoms with van der Waals surface area (Å²) < 4.78 is 0. The third-order valence-corrected chi connectivity index (χ3v) is 6.22. The Morgan fingerprint density at radius 1 is 0.844 bits per heavy atom. The predicted octanol–water partition coefficient (Wildman–Crippen LogP) is 6.29. The van der Waals surface area contributed by atoms with E-state index in [2.05, 4.69) is 47.3 Å². The van der Waals surface area contributed by atoms with Crippen LogP contribution in [-0.2, 0) is 0 Å². The molecule has 2 aromatic carbocycles. The van der Waals surface area contributed by atoms with Crippen LogP contribution in [0, 0.1) is 13.8 Å². The van der Waals surface area contributed by atoms with Gasteiger partial charge in [0.2, 0.25) is 0 Å². The summed E-state index contributed by atoms with van der Waals surface area (Å²) >= 11 is 1.42. The molecular formula is C26H20N4OS. The molecule has 0 spiro atoms. The number of carbonyl (C=O) groups is 1. The number of pyridine rings is 2. The van der Waals surface area contributed by atoms with Crippen LogP contribution in [0.1, 0.15) is 21.5 Å². The van der Waals surface area contributed by atoms with E-state index >= 15 is 0 Å². The van der Waals surface area contributed by atoms with Crippen LogP contribution in [0.15, 0.2) is 78.4 Å². The normalized spacial score (nSPS) is 10.9. The molecule has 5 rings (SSSR count). The number of benzene rings is 2. The van der Waals surface area contributed by atoms with Gasteiger partial charge in [-0.2, -0.15) is 0 Å². The molecule has 0 atom stereocenters. The van der Waals surface area contributed by atoms with Crippen molar-refractivity contribution in [3.63, 3.8) is 0 Å². The summed E-state index contributed by atoms with van der Waals surface area (Å²) in [6, 6.07) is 19.5. The third kappa shape index (κ3) is 3.88. The molecule has 156 valence electrons. The van der Waals surface area contributed by atoms with E-state index in [9.17, 15) is 4.79 Å². The number of nitrogens with one attached hydrogen (secondary N) is 1. The number of hydrogen-bond donors (Lipinski definition) is 1. The molecule has 0 radical (unpaired) electrons. The number of hydrogen-bond acceptors (Lipinski definition) is 5. The Hall–Kier alpha value is -3.90. The number of aromatic nitrogens is 3. The van der Waals surface area contributed by atoms with Gasteiger partial charge in [-0.15, -0.1) is 11.3 Å². The lowest BCUT2D eigenvalue weighted by Crippen LogP contribution is -2.13. The Labute approximate surface area is 189 Å². The monoisotopic (exact) mass is 436 g/mol. The van der Waals surface area contributed by atoms with Crippen molar-refractivity contribution in [2.75, 3.05) is 5.32 Å². The highest BCUT2D eigenvalue weighted by atomic mass is 32.1. The van der Waals surface area contributed by atoms with Crippen molar-refractivity contribution in [3.8, 4) is 22.5 Å². The number of amides is 1. The van der Waals surface area contributed by atoms with E-state index in [1.54, 1.807) is 12.4 Å². The third-order valence-electron chi connectivity index (χ3n) is 5.46. The first-order valence-corrected chi connectivity index (χ1v) is 11.1. The summed E-state index contributed by atoms with van der Waals surface area (Å²) in [5.74, 6) is -0.208. The Balaban J connectivity index is 1.49. The van der Waals surface area contributed by atoms with E-state index in [1.807, 2.05) is 47.8 Å². The van der Waals surface area contributed by atoms with Crippen molar-refractivity contribution in [2.45, 2.75) is 13.8 Å². The molecule has 0 aliphatic heterocycles. The molecule has 0 fully saturated rings. The van der Waals surface area contributed by atoms with Crippen LogP contribution >= 0.6 is 11.3 Å². The van der Waals surface area contributed by atoms with Gasteiger partial charge in [0.05, 0.1) is 22.5 Å². The molecule has 3 aromatic heterocycles. The maximum Gasteiger partial charge on any atom is 0.258 e. The van der Waals surface area contributed by atoms with Crippen molar-refractivity contribution < 1.29 is 4.79 Å². The van der Waals surface area contributed by atoms with E-state index < -0.39 is 0 Å². The lowest BCUT2D eigenvalue weighted by Gasteiger charge is -2.09. The van der Waals surface area contributed by atoms with Crippen LogP contribution in [0.25, 0.3) is 33.4 Å². The van der Waals surface area contributed by atoms with Gasteiger partial charge in [-0.1, -0.05) is 30.3 Å². The second-order valence-corrected chi connectivity index (χ2v) is 8.46. The fourth-order valence-electron chi connectivity index (χ4n) is 3.56. The van der Waals surface area contributed by atoms with Gasteiger partial charge < -0.3 is 0 Å². The summed E-state index contributed by atoms with van der Waals surface area (Å²) in [6.45, 7) is 4.17. The van der Waals surface area contributed by atoms with Crippen molar-refractivity contribution >= 4 is 33.3 Å². The van der Waals surface area contributed by atoms with Gasteiger partial charge in [0.15, 0.2) is 5.13 Å². The molecule has 1 amide bonds. The van der Waals surface area contributed by atoms with Crippen LogP contribution in [0.2, 0.25) is 0 Å². The standard InChI is InChI=1S/C26H20N4OS/c1-16-7-8-19(13-17(16)2)24-15-32-26(29-24)30-25(31)21-14-23(18-9-11-27-12-10-18)28-22-6-4-3-5-20(21)22/h3-15H,1-2H3,(H,29,30,31). The average molecular weight is 437 g/mol. The first-order valence-electron chi connectivity index (χ1n) is 10.2. The molecule has 5 aromatic rings. The van der Waals surface area contributed by atoms with Crippen LogP contribution < -0.4 is 5.32 Å². The zero-order chi connectivity index (χ0) is 22.1. The summed E-state index contributed by atoms with van der Waals surface area (Å²) in [4.78, 5) is 26.7. The number of para-hydroxylation sites is 1. The maximum absolute atomic E-state index is 13.3. The smallest absolute Gasteiger partial charge is 0.258 e. The molecule has 0 aliphatic rings. The molecule has 0 saturated heterocycles. The molecule has 0 unspecified atom stereocenters. The Bertz CT molecular complexity index is 1440. The SMILES string of the molecule is Cc1ccc(-c2csc(NC(=O)c3cc(-c4ccncc4)nc4ccccc34)n2)cc1C. The fourth-order valence-corrected chi connectivity index (χ4v) is 4.28. The molecule has 0 saturated carbocycles. The summed E-state index contributed by atoms with van der Waals surface area (Å²) in [6.07, 6.45) is 3.44. The number of aryl methyl sites for hydroxylation is 2. The Morgan fingerprint density at radius 2 is 1.66 bits per heavy atom. The summed E-state index contributed by atoms with van der Waals surface area (Å²) in [5.41, 5.74) is 7.31. The topological polar surface area (TPSA) is 67.8 Å².